The van der Waals surface area contributed by atoms with E-state index in [0.29, 0.717) is 0 Å². The molecule has 8 heteroatoms. The molecular weight excluding hydrogens is 314 g/mol. The molecule has 0 aliphatic carbocycles. The summed E-state index contributed by atoms with van der Waals surface area (Å²) in [5.41, 5.74) is -1.61. The summed E-state index contributed by atoms with van der Waals surface area (Å²) < 4.78 is 31.0. The van der Waals surface area contributed by atoms with Crippen molar-refractivity contribution in [2.75, 3.05) is 5.32 Å². The minimum Gasteiger partial charge on any atom is -0.444 e. The smallest absolute Gasteiger partial charge is 0.444 e. The van der Waals surface area contributed by atoms with Crippen molar-refractivity contribution in [1.82, 2.24) is 4.98 Å². The Morgan fingerprint density at radius 1 is 1.21 bits per heavy atom. The van der Waals surface area contributed by atoms with Gasteiger partial charge in [0.05, 0.1) is 11.2 Å². The van der Waals surface area contributed by atoms with Crippen LogP contribution >= 0.6 is 0 Å². The molecule has 0 unspecified atom stereocenters. The van der Waals surface area contributed by atoms with Crippen molar-refractivity contribution >= 4 is 24.5 Å². The van der Waals surface area contributed by atoms with Crippen LogP contribution in [0.15, 0.2) is 12.1 Å². The van der Waals surface area contributed by atoms with Gasteiger partial charge in [-0.2, -0.15) is 4.39 Å². The topological polar surface area (TPSA) is 69.7 Å². The van der Waals surface area contributed by atoms with Crippen LogP contribution in [0.4, 0.5) is 15.0 Å². The number of anilines is 1. The van der Waals surface area contributed by atoms with Crippen LogP contribution in [0.2, 0.25) is 0 Å². The van der Waals surface area contributed by atoms with Crippen LogP contribution < -0.4 is 10.8 Å². The molecule has 2 rings (SSSR count). The zero-order valence-electron chi connectivity index (χ0n) is 15.2. The van der Waals surface area contributed by atoms with Crippen LogP contribution in [0.5, 0.6) is 0 Å². The molecule has 1 fully saturated rings. The first-order valence-electron chi connectivity index (χ1n) is 7.83. The van der Waals surface area contributed by atoms with Crippen LogP contribution in [0.1, 0.15) is 48.5 Å². The lowest BCUT2D eigenvalue weighted by molar-refractivity contribution is 0.00578. The Labute approximate surface area is 142 Å². The summed E-state index contributed by atoms with van der Waals surface area (Å²) in [4.78, 5) is 15.5. The molecule has 6 nitrogen and oxygen atoms in total. The number of aromatic nitrogens is 1. The molecular formula is C16H24BFN2O4. The van der Waals surface area contributed by atoms with E-state index < -0.39 is 36.0 Å². The van der Waals surface area contributed by atoms with E-state index in [1.165, 1.54) is 12.1 Å². The Hall–Kier alpha value is -1.67. The van der Waals surface area contributed by atoms with Gasteiger partial charge in [-0.3, -0.25) is 5.32 Å². The summed E-state index contributed by atoms with van der Waals surface area (Å²) in [6, 6.07) is 2.96. The monoisotopic (exact) mass is 338 g/mol. The summed E-state index contributed by atoms with van der Waals surface area (Å²) in [7, 11) is -0.849. The molecule has 0 aromatic carbocycles. The number of carbonyl (C=O) groups is 1. The Balaban J connectivity index is 2.13. The van der Waals surface area contributed by atoms with Gasteiger partial charge in [0.2, 0.25) is 5.95 Å². The Morgan fingerprint density at radius 2 is 1.75 bits per heavy atom. The van der Waals surface area contributed by atoms with Crippen molar-refractivity contribution in [2.24, 2.45) is 0 Å². The fraction of sp³-hybridized carbons (Fsp3) is 0.625. The molecule has 0 radical (unpaired) electrons. The van der Waals surface area contributed by atoms with Gasteiger partial charge in [-0.25, -0.2) is 9.78 Å². The second-order valence-electron chi connectivity index (χ2n) is 7.79. The summed E-state index contributed by atoms with van der Waals surface area (Å²) in [5, 5.41) is 2.40. The summed E-state index contributed by atoms with van der Waals surface area (Å²) in [6.07, 6.45) is -0.696. The number of halogens is 1. The van der Waals surface area contributed by atoms with Crippen LogP contribution in [0.3, 0.4) is 0 Å². The Morgan fingerprint density at radius 3 is 2.21 bits per heavy atom. The highest BCUT2D eigenvalue weighted by Crippen LogP contribution is 2.36. The predicted molar refractivity (Wildman–Crippen MR) is 89.8 cm³/mol. The highest BCUT2D eigenvalue weighted by atomic mass is 19.1. The number of pyridine rings is 1. The molecule has 0 bridgehead atoms. The first kappa shape index (κ1) is 18.7. The van der Waals surface area contributed by atoms with Crippen molar-refractivity contribution in [3.05, 3.63) is 18.1 Å². The second kappa shape index (κ2) is 6.00. The molecule has 1 aliphatic rings. The first-order valence-corrected chi connectivity index (χ1v) is 7.83. The molecule has 0 atom stereocenters. The predicted octanol–water partition coefficient (Wildman–Crippen LogP) is 2.87. The fourth-order valence-corrected chi connectivity index (χ4v) is 2.07. The average molecular weight is 338 g/mol. The minimum absolute atomic E-state index is 0.0574. The molecule has 1 aliphatic heterocycles. The van der Waals surface area contributed by atoms with Gasteiger partial charge in [0.25, 0.3) is 0 Å². The molecule has 2 heterocycles. The molecule has 1 saturated heterocycles. The zero-order chi connectivity index (χ0) is 18.3. The average Bonchev–Trinajstić information content (AvgIpc) is 2.55. The third-order valence-corrected chi connectivity index (χ3v) is 4.01. The Bertz CT molecular complexity index is 627. The van der Waals surface area contributed by atoms with E-state index in [0.717, 1.165) is 0 Å². The van der Waals surface area contributed by atoms with Crippen molar-refractivity contribution in [3.8, 4) is 0 Å². The highest BCUT2D eigenvalue weighted by molar-refractivity contribution is 6.62. The third kappa shape index (κ3) is 4.05. The summed E-state index contributed by atoms with van der Waals surface area (Å²) >= 11 is 0. The van der Waals surface area contributed by atoms with Gasteiger partial charge in [-0.1, -0.05) is 6.07 Å². The third-order valence-electron chi connectivity index (χ3n) is 4.01. The van der Waals surface area contributed by atoms with E-state index in [9.17, 15) is 9.18 Å². The molecule has 0 spiro atoms. The van der Waals surface area contributed by atoms with Crippen molar-refractivity contribution in [1.29, 1.82) is 0 Å². The molecule has 132 valence electrons. The van der Waals surface area contributed by atoms with E-state index in [-0.39, 0.29) is 11.3 Å². The zero-order valence-corrected chi connectivity index (χ0v) is 15.2. The molecule has 24 heavy (non-hydrogen) atoms. The highest BCUT2D eigenvalue weighted by Gasteiger charge is 2.52. The van der Waals surface area contributed by atoms with E-state index in [4.69, 9.17) is 14.0 Å². The second-order valence-corrected chi connectivity index (χ2v) is 7.79. The Kier molecular flexibility index (Phi) is 4.67. The molecule has 1 aromatic rings. The number of ether oxygens (including phenoxy) is 1. The van der Waals surface area contributed by atoms with Gasteiger partial charge >= 0.3 is 13.2 Å². The van der Waals surface area contributed by atoms with Gasteiger partial charge in [0.1, 0.15) is 11.4 Å². The first-order chi connectivity index (χ1) is 10.8. The van der Waals surface area contributed by atoms with Crippen LogP contribution in [0, 0.1) is 5.95 Å². The van der Waals surface area contributed by atoms with Crippen LogP contribution in [-0.4, -0.2) is 35.0 Å². The van der Waals surface area contributed by atoms with Gasteiger partial charge < -0.3 is 14.0 Å². The lowest BCUT2D eigenvalue weighted by Gasteiger charge is -2.32. The van der Waals surface area contributed by atoms with Crippen LogP contribution in [-0.2, 0) is 14.0 Å². The van der Waals surface area contributed by atoms with E-state index in [1.807, 2.05) is 27.7 Å². The van der Waals surface area contributed by atoms with Crippen LogP contribution in [0.25, 0.3) is 0 Å². The van der Waals surface area contributed by atoms with E-state index in [2.05, 4.69) is 10.3 Å². The lowest BCUT2D eigenvalue weighted by Crippen LogP contribution is -2.41. The molecule has 0 saturated carbocycles. The quantitative estimate of drug-likeness (QED) is 0.663. The van der Waals surface area contributed by atoms with E-state index >= 15 is 0 Å². The number of rotatable bonds is 2. The summed E-state index contributed by atoms with van der Waals surface area (Å²) in [5.74, 6) is -0.705. The van der Waals surface area contributed by atoms with E-state index in [1.54, 1.807) is 20.8 Å². The number of amides is 1. The molecule has 1 aromatic heterocycles. The SMILES string of the molecule is CC(C)(C)OC(=O)Nc1ccc(B2OC(C)(C)C(C)(C)O2)c(F)n1. The van der Waals surface area contributed by atoms with Gasteiger partial charge in [0.15, 0.2) is 0 Å². The number of nitrogens with zero attached hydrogens (tertiary/aromatic N) is 1. The number of nitrogens with one attached hydrogen (secondary N) is 1. The van der Waals surface area contributed by atoms with Crippen molar-refractivity contribution < 1.29 is 23.2 Å². The maximum absolute atomic E-state index is 14.3. The fourth-order valence-electron chi connectivity index (χ4n) is 2.07. The maximum atomic E-state index is 14.3. The summed E-state index contributed by atoms with van der Waals surface area (Å²) in [6.45, 7) is 12.8. The van der Waals surface area contributed by atoms with Crippen molar-refractivity contribution in [3.63, 3.8) is 0 Å². The normalized spacial score (nSPS) is 19.2. The molecule has 1 amide bonds. The largest absolute Gasteiger partial charge is 0.499 e. The van der Waals surface area contributed by atoms with Gasteiger partial charge in [0, 0.05) is 5.46 Å². The maximum Gasteiger partial charge on any atom is 0.499 e. The van der Waals surface area contributed by atoms with Crippen molar-refractivity contribution in [2.45, 2.75) is 65.3 Å². The lowest BCUT2D eigenvalue weighted by atomic mass is 9.80. The number of hydrogen-bond acceptors (Lipinski definition) is 5. The standard InChI is InChI=1S/C16H24BFN2O4/c1-14(2,3)22-13(21)20-11-9-8-10(12(18)19-11)17-23-15(4,5)16(6,7)24-17/h8-9H,1-7H3,(H,19,20,21). The van der Waals surface area contributed by atoms with Gasteiger partial charge in [-0.05, 0) is 54.5 Å². The van der Waals surface area contributed by atoms with Gasteiger partial charge in [-0.15, -0.1) is 0 Å². The molecule has 1 N–H and O–H groups in total. The minimum atomic E-state index is -0.849. The number of carbonyl (C=O) groups excluding carboxylic acids is 1. The number of hydrogen-bond donors (Lipinski definition) is 1.